The summed E-state index contributed by atoms with van der Waals surface area (Å²) < 4.78 is 4.59. The number of carbonyl (C=O) groups excluding carboxylic acids is 1. The Morgan fingerprint density at radius 2 is 2.22 bits per heavy atom. The number of hydrogen-bond acceptors (Lipinski definition) is 6. The van der Waals surface area contributed by atoms with Gasteiger partial charge in [-0.2, -0.15) is 11.8 Å². The molecule has 0 saturated carbocycles. The highest BCUT2D eigenvalue weighted by Crippen LogP contribution is 2.05. The molecule has 0 fully saturated rings. The third kappa shape index (κ3) is 5.35. The maximum atomic E-state index is 11.3. The van der Waals surface area contributed by atoms with Crippen molar-refractivity contribution < 1.29 is 9.53 Å². The molecule has 1 aromatic heterocycles. The normalized spacial score (nSPS) is 10.1. The summed E-state index contributed by atoms with van der Waals surface area (Å²) in [5.41, 5.74) is 0.227. The lowest BCUT2D eigenvalue weighted by atomic mass is 10.2. The second-order valence-corrected chi connectivity index (χ2v) is 4.75. The first-order chi connectivity index (χ1) is 8.77. The second-order valence-electron chi connectivity index (χ2n) is 3.76. The molecule has 1 aromatic rings. The Morgan fingerprint density at radius 1 is 1.39 bits per heavy atom. The summed E-state index contributed by atoms with van der Waals surface area (Å²) in [6.07, 6.45) is 8.63. The van der Waals surface area contributed by atoms with Crippen LogP contribution in [0.25, 0.3) is 0 Å². The molecule has 0 saturated heterocycles. The van der Waals surface area contributed by atoms with E-state index in [2.05, 4.69) is 26.3 Å². The number of thioether (sulfide) groups is 1. The number of carbonyl (C=O) groups is 1. The molecular formula is C12H19N3O2S. The fraction of sp³-hybridized carbons (Fsp3) is 0.583. The summed E-state index contributed by atoms with van der Waals surface area (Å²) in [6, 6.07) is 0. The van der Waals surface area contributed by atoms with Crippen molar-refractivity contribution >= 4 is 23.5 Å². The summed E-state index contributed by atoms with van der Waals surface area (Å²) in [5.74, 6) is 1.35. The SMILES string of the molecule is COC(=O)c1cncc(NCCCCCSC)n1. The fourth-order valence-electron chi connectivity index (χ4n) is 1.42. The molecule has 0 aliphatic carbocycles. The third-order valence-corrected chi connectivity index (χ3v) is 3.06. The highest BCUT2D eigenvalue weighted by molar-refractivity contribution is 7.98. The maximum Gasteiger partial charge on any atom is 0.358 e. The number of aromatic nitrogens is 2. The first-order valence-corrected chi connectivity index (χ1v) is 7.30. The van der Waals surface area contributed by atoms with Crippen molar-refractivity contribution in [1.29, 1.82) is 0 Å². The zero-order chi connectivity index (χ0) is 13.2. The molecular weight excluding hydrogens is 250 g/mol. The van der Waals surface area contributed by atoms with Gasteiger partial charge in [0.15, 0.2) is 5.69 Å². The Bertz CT molecular complexity index is 374. The Hall–Kier alpha value is -1.30. The monoisotopic (exact) mass is 269 g/mol. The molecule has 0 aromatic carbocycles. The van der Waals surface area contributed by atoms with Crippen LogP contribution in [0.2, 0.25) is 0 Å². The van der Waals surface area contributed by atoms with Crippen molar-refractivity contribution in [2.24, 2.45) is 0 Å². The second kappa shape index (κ2) is 8.74. The lowest BCUT2D eigenvalue weighted by molar-refractivity contribution is 0.0593. The number of hydrogen-bond donors (Lipinski definition) is 1. The molecule has 6 heteroatoms. The first kappa shape index (κ1) is 14.8. The van der Waals surface area contributed by atoms with Crippen LogP contribution < -0.4 is 5.32 Å². The van der Waals surface area contributed by atoms with Crippen LogP contribution in [0.5, 0.6) is 0 Å². The number of methoxy groups -OCH3 is 1. The summed E-state index contributed by atoms with van der Waals surface area (Å²) in [6.45, 7) is 0.841. The van der Waals surface area contributed by atoms with Gasteiger partial charge in [-0.05, 0) is 24.9 Å². The largest absolute Gasteiger partial charge is 0.464 e. The van der Waals surface area contributed by atoms with Gasteiger partial charge in [0.25, 0.3) is 0 Å². The van der Waals surface area contributed by atoms with Gasteiger partial charge in [0.2, 0.25) is 0 Å². The van der Waals surface area contributed by atoms with Gasteiger partial charge in [0, 0.05) is 6.54 Å². The summed E-state index contributed by atoms with van der Waals surface area (Å²) >= 11 is 1.87. The van der Waals surface area contributed by atoms with Crippen molar-refractivity contribution in [2.75, 3.05) is 31.0 Å². The molecule has 0 aliphatic heterocycles. The van der Waals surface area contributed by atoms with E-state index in [9.17, 15) is 4.79 Å². The fourth-order valence-corrected chi connectivity index (χ4v) is 1.91. The molecule has 1 rings (SSSR count). The van der Waals surface area contributed by atoms with Gasteiger partial charge < -0.3 is 10.1 Å². The van der Waals surface area contributed by atoms with Crippen molar-refractivity contribution in [2.45, 2.75) is 19.3 Å². The number of nitrogens with zero attached hydrogens (tertiary/aromatic N) is 2. The standard InChI is InChI=1S/C12H19N3O2S/c1-17-12(16)10-8-13-9-11(15-10)14-6-4-3-5-7-18-2/h8-9H,3-7H2,1-2H3,(H,14,15). The van der Waals surface area contributed by atoms with Gasteiger partial charge in [-0.15, -0.1) is 0 Å². The van der Waals surface area contributed by atoms with Crippen LogP contribution in [0, 0.1) is 0 Å². The first-order valence-electron chi connectivity index (χ1n) is 5.91. The predicted octanol–water partition coefficient (Wildman–Crippen LogP) is 2.21. The van der Waals surface area contributed by atoms with Gasteiger partial charge in [-0.1, -0.05) is 6.42 Å². The molecule has 18 heavy (non-hydrogen) atoms. The van der Waals surface area contributed by atoms with E-state index in [0.29, 0.717) is 5.82 Å². The molecule has 0 aliphatic rings. The van der Waals surface area contributed by atoms with Crippen LogP contribution in [-0.4, -0.2) is 41.6 Å². The smallest absolute Gasteiger partial charge is 0.358 e. The lowest BCUT2D eigenvalue weighted by Gasteiger charge is -2.06. The number of anilines is 1. The van der Waals surface area contributed by atoms with Crippen LogP contribution in [0.4, 0.5) is 5.82 Å². The third-order valence-electron chi connectivity index (χ3n) is 2.36. The zero-order valence-corrected chi connectivity index (χ0v) is 11.6. The van der Waals surface area contributed by atoms with Crippen molar-refractivity contribution in [3.63, 3.8) is 0 Å². The van der Waals surface area contributed by atoms with Crippen LogP contribution in [0.15, 0.2) is 12.4 Å². The topological polar surface area (TPSA) is 64.1 Å². The van der Waals surface area contributed by atoms with Gasteiger partial charge in [-0.3, -0.25) is 4.98 Å². The van der Waals surface area contributed by atoms with E-state index in [-0.39, 0.29) is 5.69 Å². The minimum atomic E-state index is -0.467. The average Bonchev–Trinajstić information content (AvgIpc) is 2.42. The Kier molecular flexibility index (Phi) is 7.17. The summed E-state index contributed by atoms with van der Waals surface area (Å²) in [7, 11) is 1.33. The number of unbranched alkanes of at least 4 members (excludes halogenated alkanes) is 2. The van der Waals surface area contributed by atoms with Gasteiger partial charge in [0.05, 0.1) is 19.5 Å². The lowest BCUT2D eigenvalue weighted by Crippen LogP contribution is -2.09. The number of nitrogens with one attached hydrogen (secondary N) is 1. The maximum absolute atomic E-state index is 11.3. The van der Waals surface area contributed by atoms with Gasteiger partial charge in [0.1, 0.15) is 5.82 Å². The molecule has 0 atom stereocenters. The van der Waals surface area contributed by atoms with E-state index >= 15 is 0 Å². The predicted molar refractivity (Wildman–Crippen MR) is 74.1 cm³/mol. The van der Waals surface area contributed by atoms with E-state index in [1.54, 1.807) is 6.20 Å². The number of rotatable bonds is 8. The van der Waals surface area contributed by atoms with E-state index in [0.717, 1.165) is 13.0 Å². The summed E-state index contributed by atoms with van der Waals surface area (Å²) in [5, 5.41) is 3.15. The van der Waals surface area contributed by atoms with E-state index in [1.165, 1.54) is 31.9 Å². The number of esters is 1. The highest BCUT2D eigenvalue weighted by atomic mass is 32.2. The van der Waals surface area contributed by atoms with E-state index < -0.39 is 5.97 Å². The minimum absolute atomic E-state index is 0.227. The molecule has 5 nitrogen and oxygen atoms in total. The summed E-state index contributed by atoms with van der Waals surface area (Å²) in [4.78, 5) is 19.3. The quantitative estimate of drug-likeness (QED) is 0.576. The van der Waals surface area contributed by atoms with E-state index in [4.69, 9.17) is 0 Å². The molecule has 0 unspecified atom stereocenters. The van der Waals surface area contributed by atoms with E-state index in [1.807, 2.05) is 11.8 Å². The minimum Gasteiger partial charge on any atom is -0.464 e. The number of ether oxygens (including phenoxy) is 1. The molecule has 1 N–H and O–H groups in total. The highest BCUT2D eigenvalue weighted by Gasteiger charge is 2.07. The Morgan fingerprint density at radius 3 is 2.94 bits per heavy atom. The van der Waals surface area contributed by atoms with Gasteiger partial charge >= 0.3 is 5.97 Å². The molecule has 1 heterocycles. The van der Waals surface area contributed by atoms with Gasteiger partial charge in [-0.25, -0.2) is 9.78 Å². The molecule has 0 spiro atoms. The van der Waals surface area contributed by atoms with Crippen LogP contribution >= 0.6 is 11.8 Å². The molecule has 0 amide bonds. The van der Waals surface area contributed by atoms with Crippen LogP contribution in [-0.2, 0) is 4.74 Å². The zero-order valence-electron chi connectivity index (χ0n) is 10.8. The van der Waals surface area contributed by atoms with Crippen molar-refractivity contribution in [3.8, 4) is 0 Å². The molecule has 0 radical (unpaired) electrons. The van der Waals surface area contributed by atoms with Crippen LogP contribution in [0.3, 0.4) is 0 Å². The Balaban J connectivity index is 2.32. The molecule has 100 valence electrons. The van der Waals surface area contributed by atoms with Crippen LogP contribution in [0.1, 0.15) is 29.8 Å². The Labute approximate surface area is 112 Å². The van der Waals surface area contributed by atoms with Crippen molar-refractivity contribution in [1.82, 2.24) is 9.97 Å². The molecule has 0 bridgehead atoms. The van der Waals surface area contributed by atoms with Crippen molar-refractivity contribution in [3.05, 3.63) is 18.1 Å². The average molecular weight is 269 g/mol.